The Morgan fingerprint density at radius 3 is 2.77 bits per heavy atom. The maximum atomic E-state index is 12.2. The predicted molar refractivity (Wildman–Crippen MR) is 83.6 cm³/mol. The molecule has 0 aromatic rings. The molecule has 2 unspecified atom stereocenters. The highest BCUT2D eigenvalue weighted by Gasteiger charge is 2.37. The quantitative estimate of drug-likeness (QED) is 0.859. The summed E-state index contributed by atoms with van der Waals surface area (Å²) >= 11 is 0. The third-order valence-corrected chi connectivity index (χ3v) is 3.85. The lowest BCUT2D eigenvalue weighted by atomic mass is 10.1. The molecular weight excluding hydrogens is 284 g/mol. The summed E-state index contributed by atoms with van der Waals surface area (Å²) in [7, 11) is 1.68. The third kappa shape index (κ3) is 4.88. The van der Waals surface area contributed by atoms with Crippen molar-refractivity contribution in [3.05, 3.63) is 12.3 Å². The fourth-order valence-electron chi connectivity index (χ4n) is 2.70. The SMILES string of the molecule is CO[C@H]1CN(C(=O)OC(C)(C)C)CC1NCC1CCC=CO1. The van der Waals surface area contributed by atoms with Crippen molar-refractivity contribution in [2.75, 3.05) is 26.7 Å². The molecule has 2 rings (SSSR count). The first-order valence-corrected chi connectivity index (χ1v) is 7.93. The van der Waals surface area contributed by atoms with Gasteiger partial charge in [-0.05, 0) is 39.7 Å². The summed E-state index contributed by atoms with van der Waals surface area (Å²) in [6.07, 6.45) is 5.76. The maximum absolute atomic E-state index is 12.2. The average molecular weight is 312 g/mol. The van der Waals surface area contributed by atoms with Crippen LogP contribution < -0.4 is 5.32 Å². The van der Waals surface area contributed by atoms with Crippen LogP contribution >= 0.6 is 0 Å². The minimum Gasteiger partial charge on any atom is -0.497 e. The van der Waals surface area contributed by atoms with Crippen molar-refractivity contribution < 1.29 is 19.0 Å². The Balaban J connectivity index is 1.83. The van der Waals surface area contributed by atoms with Gasteiger partial charge in [0, 0.05) is 20.2 Å². The minimum absolute atomic E-state index is 0.0216. The molecule has 0 saturated carbocycles. The highest BCUT2D eigenvalue weighted by Crippen LogP contribution is 2.18. The largest absolute Gasteiger partial charge is 0.497 e. The summed E-state index contributed by atoms with van der Waals surface area (Å²) in [4.78, 5) is 13.9. The van der Waals surface area contributed by atoms with E-state index < -0.39 is 5.60 Å². The molecule has 6 heteroatoms. The van der Waals surface area contributed by atoms with Crippen LogP contribution in [0.1, 0.15) is 33.6 Å². The second-order valence-electron chi connectivity index (χ2n) is 6.88. The number of nitrogens with one attached hydrogen (secondary N) is 1. The molecule has 126 valence electrons. The van der Waals surface area contributed by atoms with Gasteiger partial charge in [0.2, 0.25) is 0 Å². The van der Waals surface area contributed by atoms with Gasteiger partial charge in [-0.15, -0.1) is 0 Å². The van der Waals surface area contributed by atoms with Crippen molar-refractivity contribution in [2.24, 2.45) is 0 Å². The lowest BCUT2D eigenvalue weighted by Gasteiger charge is -2.25. The normalized spacial score (nSPS) is 28.5. The summed E-state index contributed by atoms with van der Waals surface area (Å²) in [5, 5.41) is 3.47. The molecule has 0 radical (unpaired) electrons. The van der Waals surface area contributed by atoms with Gasteiger partial charge < -0.3 is 24.4 Å². The lowest BCUT2D eigenvalue weighted by Crippen LogP contribution is -2.44. The number of ether oxygens (including phenoxy) is 3. The van der Waals surface area contributed by atoms with Crippen LogP contribution in [0.15, 0.2) is 12.3 Å². The molecule has 0 spiro atoms. The van der Waals surface area contributed by atoms with Gasteiger partial charge in [-0.25, -0.2) is 4.79 Å². The molecule has 22 heavy (non-hydrogen) atoms. The number of rotatable bonds is 4. The van der Waals surface area contributed by atoms with Crippen molar-refractivity contribution in [1.29, 1.82) is 0 Å². The zero-order chi connectivity index (χ0) is 16.2. The van der Waals surface area contributed by atoms with Crippen LogP contribution in [0.5, 0.6) is 0 Å². The molecule has 0 bridgehead atoms. The van der Waals surface area contributed by atoms with Gasteiger partial charge in [0.05, 0.1) is 25.0 Å². The van der Waals surface area contributed by atoms with Gasteiger partial charge in [-0.2, -0.15) is 0 Å². The van der Waals surface area contributed by atoms with E-state index in [1.807, 2.05) is 26.8 Å². The second-order valence-corrected chi connectivity index (χ2v) is 6.88. The first kappa shape index (κ1) is 17.1. The van der Waals surface area contributed by atoms with Gasteiger partial charge in [0.1, 0.15) is 11.7 Å². The van der Waals surface area contributed by atoms with Crippen LogP contribution in [0.2, 0.25) is 0 Å². The Kier molecular flexibility index (Phi) is 5.69. The Morgan fingerprint density at radius 2 is 2.18 bits per heavy atom. The number of likely N-dealkylation sites (tertiary alicyclic amines) is 1. The first-order valence-electron chi connectivity index (χ1n) is 7.93. The predicted octanol–water partition coefficient (Wildman–Crippen LogP) is 1.90. The third-order valence-electron chi connectivity index (χ3n) is 3.85. The fourth-order valence-corrected chi connectivity index (χ4v) is 2.70. The van der Waals surface area contributed by atoms with Crippen molar-refractivity contribution in [3.63, 3.8) is 0 Å². The molecule has 1 N–H and O–H groups in total. The van der Waals surface area contributed by atoms with Crippen LogP contribution in [0.3, 0.4) is 0 Å². The smallest absolute Gasteiger partial charge is 0.410 e. The van der Waals surface area contributed by atoms with Gasteiger partial charge in [0.15, 0.2) is 0 Å². The van der Waals surface area contributed by atoms with Crippen molar-refractivity contribution in [1.82, 2.24) is 10.2 Å². The zero-order valence-corrected chi connectivity index (χ0v) is 14.0. The topological polar surface area (TPSA) is 60.0 Å². The Bertz CT molecular complexity index is 405. The number of nitrogens with zero attached hydrogens (tertiary/aromatic N) is 1. The van der Waals surface area contributed by atoms with E-state index in [2.05, 4.69) is 5.32 Å². The van der Waals surface area contributed by atoms with Crippen molar-refractivity contribution in [3.8, 4) is 0 Å². The maximum Gasteiger partial charge on any atom is 0.410 e. The van der Waals surface area contributed by atoms with Crippen LogP contribution in [0.4, 0.5) is 4.79 Å². The standard InChI is InChI=1S/C16H28N2O4/c1-16(2,3)22-15(19)18-10-13(14(11-18)20-4)17-9-12-7-5-6-8-21-12/h6,8,12-14,17H,5,7,9-11H2,1-4H3/t12?,13?,14-/m0/s1. The van der Waals surface area contributed by atoms with E-state index in [0.717, 1.165) is 19.4 Å². The van der Waals surface area contributed by atoms with Gasteiger partial charge in [0.25, 0.3) is 0 Å². The van der Waals surface area contributed by atoms with Crippen LogP contribution in [-0.4, -0.2) is 61.6 Å². The number of amides is 1. The van der Waals surface area contributed by atoms with E-state index >= 15 is 0 Å². The van der Waals surface area contributed by atoms with Gasteiger partial charge in [-0.3, -0.25) is 0 Å². The van der Waals surface area contributed by atoms with Crippen molar-refractivity contribution in [2.45, 2.75) is 57.5 Å². The van der Waals surface area contributed by atoms with Crippen LogP contribution in [0.25, 0.3) is 0 Å². The summed E-state index contributed by atoms with van der Waals surface area (Å²) < 4.78 is 16.5. The summed E-state index contributed by atoms with van der Waals surface area (Å²) in [6, 6.07) is 0.104. The van der Waals surface area contributed by atoms with E-state index in [0.29, 0.717) is 13.1 Å². The van der Waals surface area contributed by atoms with Crippen molar-refractivity contribution >= 4 is 6.09 Å². The molecule has 6 nitrogen and oxygen atoms in total. The molecule has 1 amide bonds. The molecule has 2 aliphatic rings. The number of methoxy groups -OCH3 is 1. The van der Waals surface area contributed by atoms with E-state index in [1.165, 1.54) is 0 Å². The molecular formula is C16H28N2O4. The van der Waals surface area contributed by atoms with Crippen LogP contribution in [0, 0.1) is 0 Å². The summed E-state index contributed by atoms with van der Waals surface area (Å²) in [5.74, 6) is 0. The van der Waals surface area contributed by atoms with E-state index in [4.69, 9.17) is 14.2 Å². The average Bonchev–Trinajstić information content (AvgIpc) is 2.88. The number of carbonyl (C=O) groups excluding carboxylic acids is 1. The summed E-state index contributed by atoms with van der Waals surface area (Å²) in [6.45, 7) is 7.52. The highest BCUT2D eigenvalue weighted by atomic mass is 16.6. The van der Waals surface area contributed by atoms with E-state index in [-0.39, 0.29) is 24.3 Å². The molecule has 2 aliphatic heterocycles. The molecule has 0 aliphatic carbocycles. The minimum atomic E-state index is -0.479. The Labute approximate surface area is 132 Å². The second kappa shape index (κ2) is 7.33. The monoisotopic (exact) mass is 312 g/mol. The first-order chi connectivity index (χ1) is 10.4. The zero-order valence-electron chi connectivity index (χ0n) is 14.0. The molecule has 0 aromatic carbocycles. The van der Waals surface area contributed by atoms with Gasteiger partial charge in [-0.1, -0.05) is 0 Å². The Morgan fingerprint density at radius 1 is 1.41 bits per heavy atom. The molecule has 3 atom stereocenters. The Hall–Kier alpha value is -1.27. The molecule has 0 aromatic heterocycles. The number of carbonyl (C=O) groups is 1. The number of hydrogen-bond donors (Lipinski definition) is 1. The number of allylic oxidation sites excluding steroid dienone is 1. The fraction of sp³-hybridized carbons (Fsp3) is 0.812. The van der Waals surface area contributed by atoms with Crippen LogP contribution in [-0.2, 0) is 14.2 Å². The molecule has 1 fully saturated rings. The van der Waals surface area contributed by atoms with Gasteiger partial charge >= 0.3 is 6.09 Å². The van der Waals surface area contributed by atoms with E-state index in [9.17, 15) is 4.79 Å². The number of hydrogen-bond acceptors (Lipinski definition) is 5. The molecule has 1 saturated heterocycles. The highest BCUT2D eigenvalue weighted by molar-refractivity contribution is 5.68. The van der Waals surface area contributed by atoms with E-state index in [1.54, 1.807) is 18.3 Å². The lowest BCUT2D eigenvalue weighted by molar-refractivity contribution is 0.0252. The summed E-state index contributed by atoms with van der Waals surface area (Å²) in [5.41, 5.74) is -0.479. The molecule has 2 heterocycles.